The molecule has 4 heteroatoms. The molecule has 2 fully saturated rings. The van der Waals surface area contributed by atoms with Crippen molar-refractivity contribution in [1.82, 2.24) is 9.80 Å². The van der Waals surface area contributed by atoms with Crippen LogP contribution in [0.4, 0.5) is 4.79 Å². The van der Waals surface area contributed by atoms with Crippen LogP contribution in [0.5, 0.6) is 0 Å². The van der Waals surface area contributed by atoms with Crippen LogP contribution in [-0.4, -0.2) is 40.1 Å². The molecule has 1 saturated heterocycles. The number of likely N-dealkylation sites (tertiary alicyclic amines) is 1. The maximum atomic E-state index is 11.1. The predicted molar refractivity (Wildman–Crippen MR) is 92.5 cm³/mol. The van der Waals surface area contributed by atoms with Gasteiger partial charge in [-0.15, -0.1) is 0 Å². The van der Waals surface area contributed by atoms with Crippen LogP contribution in [0.15, 0.2) is 60.7 Å². The molecule has 4 nitrogen and oxygen atoms in total. The maximum absolute atomic E-state index is 11.1. The van der Waals surface area contributed by atoms with E-state index in [1.54, 1.807) is 4.90 Å². The Labute approximate surface area is 142 Å². The molecule has 4 rings (SSSR count). The highest BCUT2D eigenvalue weighted by atomic mass is 16.4. The van der Waals surface area contributed by atoms with Gasteiger partial charge in [-0.05, 0) is 23.0 Å². The number of amides is 1. The third-order valence-corrected chi connectivity index (χ3v) is 5.30. The largest absolute Gasteiger partial charge is 0.465 e. The minimum atomic E-state index is -0.779. The minimum absolute atomic E-state index is 0.494. The molecule has 0 aromatic heterocycles. The summed E-state index contributed by atoms with van der Waals surface area (Å²) in [5.74, 6) is 0.988. The smallest absolute Gasteiger partial charge is 0.407 e. The summed E-state index contributed by atoms with van der Waals surface area (Å²) in [4.78, 5) is 15.2. The fraction of sp³-hybridized carbons (Fsp3) is 0.350. The van der Waals surface area contributed by atoms with E-state index in [-0.39, 0.29) is 0 Å². The summed E-state index contributed by atoms with van der Waals surface area (Å²) in [6.07, 6.45) is -0.779. The normalized spacial score (nSPS) is 24.9. The third-order valence-electron chi connectivity index (χ3n) is 5.30. The van der Waals surface area contributed by atoms with Crippen molar-refractivity contribution in [3.05, 3.63) is 71.8 Å². The Bertz CT molecular complexity index is 651. The van der Waals surface area contributed by atoms with Gasteiger partial charge in [-0.25, -0.2) is 4.79 Å². The highest BCUT2D eigenvalue weighted by Crippen LogP contribution is 2.49. The molecular weight excluding hydrogens is 300 g/mol. The lowest BCUT2D eigenvalue weighted by Gasteiger charge is -2.27. The Kier molecular flexibility index (Phi) is 3.98. The topological polar surface area (TPSA) is 43.8 Å². The van der Waals surface area contributed by atoms with E-state index in [1.165, 1.54) is 11.1 Å². The Balaban J connectivity index is 1.49. The van der Waals surface area contributed by atoms with Crippen molar-refractivity contribution in [3.63, 3.8) is 0 Å². The first-order chi connectivity index (χ1) is 11.7. The number of rotatable bonds is 5. The van der Waals surface area contributed by atoms with Gasteiger partial charge in [0.1, 0.15) is 0 Å². The zero-order valence-electron chi connectivity index (χ0n) is 13.6. The van der Waals surface area contributed by atoms with Gasteiger partial charge in [0, 0.05) is 32.2 Å². The van der Waals surface area contributed by atoms with Crippen molar-refractivity contribution in [3.8, 4) is 0 Å². The van der Waals surface area contributed by atoms with Gasteiger partial charge >= 0.3 is 6.09 Å². The summed E-state index contributed by atoms with van der Waals surface area (Å²) in [5.41, 5.74) is 2.63. The molecule has 1 N–H and O–H groups in total. The Hall–Kier alpha value is -2.33. The number of fused-ring (bicyclic) bond motifs is 1. The lowest BCUT2D eigenvalue weighted by atomic mass is 10.1. The highest BCUT2D eigenvalue weighted by molar-refractivity contribution is 5.66. The lowest BCUT2D eigenvalue weighted by molar-refractivity contribution is 0.138. The molecule has 2 aromatic rings. The van der Waals surface area contributed by atoms with Crippen molar-refractivity contribution >= 4 is 6.09 Å². The minimum Gasteiger partial charge on any atom is -0.465 e. The first-order valence-corrected chi connectivity index (χ1v) is 8.52. The molecule has 1 amide bonds. The number of hydrogen-bond acceptors (Lipinski definition) is 2. The molecule has 1 saturated carbocycles. The summed E-state index contributed by atoms with van der Waals surface area (Å²) < 4.78 is 0. The summed E-state index contributed by atoms with van der Waals surface area (Å²) >= 11 is 0. The van der Waals surface area contributed by atoms with Crippen molar-refractivity contribution in [2.75, 3.05) is 13.1 Å². The van der Waals surface area contributed by atoms with Crippen LogP contribution in [0.2, 0.25) is 0 Å². The van der Waals surface area contributed by atoms with Gasteiger partial charge in [0.25, 0.3) is 0 Å². The number of hydrogen-bond donors (Lipinski definition) is 1. The van der Waals surface area contributed by atoms with Gasteiger partial charge < -0.3 is 10.0 Å². The Morgan fingerprint density at radius 2 is 1.38 bits per heavy atom. The average Bonchev–Trinajstić information content (AvgIpc) is 3.09. The van der Waals surface area contributed by atoms with Gasteiger partial charge in [-0.2, -0.15) is 0 Å². The van der Waals surface area contributed by atoms with Gasteiger partial charge in [-0.3, -0.25) is 4.90 Å². The van der Waals surface area contributed by atoms with Crippen molar-refractivity contribution < 1.29 is 9.90 Å². The molecule has 0 bridgehead atoms. The lowest BCUT2D eigenvalue weighted by Crippen LogP contribution is -2.36. The molecule has 2 aliphatic rings. The summed E-state index contributed by atoms with van der Waals surface area (Å²) in [5, 5.41) is 9.16. The van der Waals surface area contributed by atoms with Crippen LogP contribution >= 0.6 is 0 Å². The summed E-state index contributed by atoms with van der Waals surface area (Å²) in [6, 6.07) is 21.6. The number of piperidine rings is 1. The standard InChI is InChI=1S/C20H22N2O2/c23-20(24)22-13-17-18(14-22)19(17)21(11-15-7-3-1-4-8-15)12-16-9-5-2-6-10-16/h1-10,17-19H,11-14H2,(H,23,24). The number of benzene rings is 2. The summed E-state index contributed by atoms with van der Waals surface area (Å²) in [7, 11) is 0. The van der Waals surface area contributed by atoms with E-state index in [0.29, 0.717) is 31.0 Å². The molecule has 2 unspecified atom stereocenters. The van der Waals surface area contributed by atoms with Gasteiger partial charge in [-0.1, -0.05) is 60.7 Å². The Morgan fingerprint density at radius 1 is 0.917 bits per heavy atom. The predicted octanol–water partition coefficient (Wildman–Crippen LogP) is 3.30. The number of carbonyl (C=O) groups is 1. The second-order valence-electron chi connectivity index (χ2n) is 6.88. The van der Waals surface area contributed by atoms with Crippen LogP contribution in [-0.2, 0) is 13.1 Å². The van der Waals surface area contributed by atoms with E-state index in [4.69, 9.17) is 5.11 Å². The molecular formula is C20H22N2O2. The second kappa shape index (κ2) is 6.29. The van der Waals surface area contributed by atoms with E-state index in [0.717, 1.165) is 13.1 Å². The molecule has 0 spiro atoms. The average molecular weight is 322 g/mol. The third kappa shape index (κ3) is 3.02. The fourth-order valence-electron chi connectivity index (χ4n) is 4.10. The number of carboxylic acid groups (broad SMARTS) is 1. The van der Waals surface area contributed by atoms with E-state index in [9.17, 15) is 4.79 Å². The van der Waals surface area contributed by atoms with Gasteiger partial charge in [0.05, 0.1) is 0 Å². The molecule has 2 atom stereocenters. The van der Waals surface area contributed by atoms with E-state index >= 15 is 0 Å². The first-order valence-electron chi connectivity index (χ1n) is 8.52. The molecule has 0 radical (unpaired) electrons. The second-order valence-corrected chi connectivity index (χ2v) is 6.88. The SMILES string of the molecule is O=C(O)N1CC2C(C1)C2N(Cc1ccccc1)Cc1ccccc1. The van der Waals surface area contributed by atoms with Crippen molar-refractivity contribution in [2.45, 2.75) is 19.1 Å². The monoisotopic (exact) mass is 322 g/mol. The van der Waals surface area contributed by atoms with Gasteiger partial charge in [0.2, 0.25) is 0 Å². The molecule has 1 aliphatic heterocycles. The van der Waals surface area contributed by atoms with E-state index in [2.05, 4.69) is 53.4 Å². The quantitative estimate of drug-likeness (QED) is 0.918. The molecule has 2 aromatic carbocycles. The van der Waals surface area contributed by atoms with E-state index in [1.807, 2.05) is 12.1 Å². The molecule has 1 aliphatic carbocycles. The van der Waals surface area contributed by atoms with Crippen LogP contribution < -0.4 is 0 Å². The highest BCUT2D eigenvalue weighted by Gasteiger charge is 2.59. The summed E-state index contributed by atoms with van der Waals surface area (Å²) in [6.45, 7) is 3.20. The zero-order valence-corrected chi connectivity index (χ0v) is 13.6. The fourth-order valence-corrected chi connectivity index (χ4v) is 4.10. The zero-order chi connectivity index (χ0) is 16.5. The van der Waals surface area contributed by atoms with Crippen LogP contribution in [0.25, 0.3) is 0 Å². The van der Waals surface area contributed by atoms with Crippen LogP contribution in [0, 0.1) is 11.8 Å². The van der Waals surface area contributed by atoms with Crippen molar-refractivity contribution in [2.24, 2.45) is 11.8 Å². The molecule has 1 heterocycles. The van der Waals surface area contributed by atoms with E-state index < -0.39 is 6.09 Å². The molecule has 24 heavy (non-hydrogen) atoms. The molecule has 124 valence electrons. The number of nitrogens with zero attached hydrogens (tertiary/aromatic N) is 2. The van der Waals surface area contributed by atoms with Crippen LogP contribution in [0.1, 0.15) is 11.1 Å². The Morgan fingerprint density at radius 3 is 1.79 bits per heavy atom. The maximum Gasteiger partial charge on any atom is 0.407 e. The van der Waals surface area contributed by atoms with Gasteiger partial charge in [0.15, 0.2) is 0 Å². The van der Waals surface area contributed by atoms with Crippen LogP contribution in [0.3, 0.4) is 0 Å². The van der Waals surface area contributed by atoms with Crippen molar-refractivity contribution in [1.29, 1.82) is 0 Å². The first kappa shape index (κ1) is 15.2.